The first-order chi connectivity index (χ1) is 6.15. The minimum Gasteiger partial charge on any atom is -0.481 e. The van der Waals surface area contributed by atoms with Crippen molar-refractivity contribution in [3.63, 3.8) is 0 Å². The number of hydrogen-bond donors (Lipinski definition) is 1. The molecule has 1 N–H and O–H groups in total. The fourth-order valence-electron chi connectivity index (χ4n) is 2.54. The molecule has 0 aliphatic heterocycles. The van der Waals surface area contributed by atoms with Gasteiger partial charge in [0.05, 0.1) is 5.92 Å². The highest BCUT2D eigenvalue weighted by molar-refractivity contribution is 5.70. The lowest BCUT2D eigenvalue weighted by molar-refractivity contribution is -0.145. The van der Waals surface area contributed by atoms with Gasteiger partial charge < -0.3 is 5.11 Å². The summed E-state index contributed by atoms with van der Waals surface area (Å²) < 4.78 is 0. The maximum atomic E-state index is 10.8. The zero-order valence-electron chi connectivity index (χ0n) is 8.62. The molecule has 0 aromatic carbocycles. The van der Waals surface area contributed by atoms with Gasteiger partial charge in [-0.15, -0.1) is 0 Å². The van der Waals surface area contributed by atoms with Crippen LogP contribution in [0, 0.1) is 17.8 Å². The highest BCUT2D eigenvalue weighted by Crippen LogP contribution is 2.35. The van der Waals surface area contributed by atoms with Crippen LogP contribution >= 0.6 is 0 Å². The van der Waals surface area contributed by atoms with Crippen molar-refractivity contribution in [1.29, 1.82) is 0 Å². The Hall–Kier alpha value is -0.530. The molecule has 2 nitrogen and oxygen atoms in total. The predicted octanol–water partition coefficient (Wildman–Crippen LogP) is 2.92. The number of carboxylic acids is 1. The van der Waals surface area contributed by atoms with E-state index in [2.05, 4.69) is 13.8 Å². The second-order valence-corrected chi connectivity index (χ2v) is 4.39. The largest absolute Gasteiger partial charge is 0.481 e. The van der Waals surface area contributed by atoms with Gasteiger partial charge in [0.1, 0.15) is 0 Å². The summed E-state index contributed by atoms with van der Waals surface area (Å²) in [7, 11) is 0. The van der Waals surface area contributed by atoms with E-state index in [0.29, 0.717) is 5.92 Å². The zero-order chi connectivity index (χ0) is 9.84. The second-order valence-electron chi connectivity index (χ2n) is 4.39. The zero-order valence-corrected chi connectivity index (χ0v) is 8.62. The van der Waals surface area contributed by atoms with E-state index in [4.69, 9.17) is 5.11 Å². The number of hydrogen-bond acceptors (Lipinski definition) is 1. The van der Waals surface area contributed by atoms with Crippen molar-refractivity contribution in [3.05, 3.63) is 0 Å². The third-order valence-corrected chi connectivity index (χ3v) is 3.29. The summed E-state index contributed by atoms with van der Waals surface area (Å²) in [5.41, 5.74) is 0. The maximum Gasteiger partial charge on any atom is 0.306 e. The lowest BCUT2D eigenvalue weighted by Gasteiger charge is -2.31. The van der Waals surface area contributed by atoms with E-state index in [1.807, 2.05) is 0 Å². The molecule has 3 unspecified atom stereocenters. The lowest BCUT2D eigenvalue weighted by Crippen LogP contribution is -2.28. The maximum absolute atomic E-state index is 10.8. The molecule has 0 radical (unpaired) electrons. The highest BCUT2D eigenvalue weighted by Gasteiger charge is 2.31. The molecule has 0 aromatic rings. The van der Waals surface area contributed by atoms with Crippen LogP contribution < -0.4 is 0 Å². The Labute approximate surface area is 80.3 Å². The summed E-state index contributed by atoms with van der Waals surface area (Å²) in [6.45, 7) is 4.29. The van der Waals surface area contributed by atoms with Crippen molar-refractivity contribution in [1.82, 2.24) is 0 Å². The summed E-state index contributed by atoms with van der Waals surface area (Å²) in [6.07, 6.45) is 5.63. The first-order valence-electron chi connectivity index (χ1n) is 5.38. The SMILES string of the molecule is CCCC1CCC(C(=O)O)C(C)C1. The van der Waals surface area contributed by atoms with Gasteiger partial charge in [0.2, 0.25) is 0 Å². The number of rotatable bonds is 3. The first kappa shape index (κ1) is 10.6. The Kier molecular flexibility index (Phi) is 3.76. The monoisotopic (exact) mass is 184 g/mol. The Balaban J connectivity index is 2.42. The molecule has 0 spiro atoms. The lowest BCUT2D eigenvalue weighted by atomic mass is 9.74. The molecular formula is C11H20O2. The Bertz CT molecular complexity index is 177. The van der Waals surface area contributed by atoms with Gasteiger partial charge in [-0.2, -0.15) is 0 Å². The third-order valence-electron chi connectivity index (χ3n) is 3.29. The molecule has 0 saturated heterocycles. The summed E-state index contributed by atoms with van der Waals surface area (Å²) in [4.78, 5) is 10.8. The highest BCUT2D eigenvalue weighted by atomic mass is 16.4. The number of carboxylic acid groups (broad SMARTS) is 1. The molecule has 0 bridgehead atoms. The van der Waals surface area contributed by atoms with Crippen LogP contribution in [-0.2, 0) is 4.79 Å². The molecule has 1 rings (SSSR count). The molecule has 3 atom stereocenters. The van der Waals surface area contributed by atoms with Crippen LogP contribution in [0.15, 0.2) is 0 Å². The molecule has 1 saturated carbocycles. The molecular weight excluding hydrogens is 164 g/mol. The topological polar surface area (TPSA) is 37.3 Å². The number of carbonyl (C=O) groups is 1. The predicted molar refractivity (Wildman–Crippen MR) is 52.5 cm³/mol. The summed E-state index contributed by atoms with van der Waals surface area (Å²) >= 11 is 0. The van der Waals surface area contributed by atoms with E-state index < -0.39 is 5.97 Å². The van der Waals surface area contributed by atoms with Crippen molar-refractivity contribution in [2.24, 2.45) is 17.8 Å². The molecule has 0 heterocycles. The molecule has 76 valence electrons. The van der Waals surface area contributed by atoms with Crippen LogP contribution in [0.1, 0.15) is 46.0 Å². The van der Waals surface area contributed by atoms with Gasteiger partial charge in [0.15, 0.2) is 0 Å². The fourth-order valence-corrected chi connectivity index (χ4v) is 2.54. The second kappa shape index (κ2) is 4.64. The molecule has 0 amide bonds. The minimum atomic E-state index is -0.595. The van der Waals surface area contributed by atoms with Gasteiger partial charge in [-0.1, -0.05) is 26.7 Å². The van der Waals surface area contributed by atoms with Crippen LogP contribution in [0.2, 0.25) is 0 Å². The van der Waals surface area contributed by atoms with Crippen molar-refractivity contribution in [3.8, 4) is 0 Å². The van der Waals surface area contributed by atoms with E-state index >= 15 is 0 Å². The molecule has 0 aromatic heterocycles. The van der Waals surface area contributed by atoms with E-state index in [1.54, 1.807) is 0 Å². The van der Waals surface area contributed by atoms with Crippen molar-refractivity contribution < 1.29 is 9.90 Å². The Morgan fingerprint density at radius 3 is 2.62 bits per heavy atom. The summed E-state index contributed by atoms with van der Waals surface area (Å²) in [5, 5.41) is 8.92. The van der Waals surface area contributed by atoms with Crippen molar-refractivity contribution >= 4 is 5.97 Å². The molecule has 1 aliphatic carbocycles. The normalized spacial score (nSPS) is 34.5. The van der Waals surface area contributed by atoms with E-state index in [0.717, 1.165) is 25.2 Å². The van der Waals surface area contributed by atoms with Gasteiger partial charge in [-0.3, -0.25) is 4.79 Å². The van der Waals surface area contributed by atoms with Gasteiger partial charge in [-0.05, 0) is 31.1 Å². The van der Waals surface area contributed by atoms with Crippen LogP contribution in [-0.4, -0.2) is 11.1 Å². The average Bonchev–Trinajstić information content (AvgIpc) is 2.04. The minimum absolute atomic E-state index is 0.0758. The van der Waals surface area contributed by atoms with Crippen LogP contribution in [0.4, 0.5) is 0 Å². The van der Waals surface area contributed by atoms with E-state index in [-0.39, 0.29) is 5.92 Å². The van der Waals surface area contributed by atoms with Gasteiger partial charge >= 0.3 is 5.97 Å². The van der Waals surface area contributed by atoms with Crippen LogP contribution in [0.25, 0.3) is 0 Å². The van der Waals surface area contributed by atoms with Crippen LogP contribution in [0.3, 0.4) is 0 Å². The molecule has 13 heavy (non-hydrogen) atoms. The molecule has 2 heteroatoms. The number of aliphatic carboxylic acids is 1. The smallest absolute Gasteiger partial charge is 0.306 e. The van der Waals surface area contributed by atoms with Gasteiger partial charge in [0.25, 0.3) is 0 Å². The van der Waals surface area contributed by atoms with Gasteiger partial charge in [-0.25, -0.2) is 0 Å². The van der Waals surface area contributed by atoms with E-state index in [1.165, 1.54) is 12.8 Å². The van der Waals surface area contributed by atoms with Crippen molar-refractivity contribution in [2.75, 3.05) is 0 Å². The fraction of sp³-hybridized carbons (Fsp3) is 0.909. The average molecular weight is 184 g/mol. The van der Waals surface area contributed by atoms with Crippen LogP contribution in [0.5, 0.6) is 0 Å². The third kappa shape index (κ3) is 2.71. The Morgan fingerprint density at radius 2 is 2.15 bits per heavy atom. The molecule has 1 fully saturated rings. The first-order valence-corrected chi connectivity index (χ1v) is 5.38. The summed E-state index contributed by atoms with van der Waals surface area (Å²) in [6, 6.07) is 0. The Morgan fingerprint density at radius 1 is 1.46 bits per heavy atom. The van der Waals surface area contributed by atoms with Crippen molar-refractivity contribution in [2.45, 2.75) is 46.0 Å². The van der Waals surface area contributed by atoms with Gasteiger partial charge in [0, 0.05) is 0 Å². The molecule has 1 aliphatic rings. The summed E-state index contributed by atoms with van der Waals surface area (Å²) in [5.74, 6) is 0.494. The standard InChI is InChI=1S/C11H20O2/c1-3-4-9-5-6-10(11(12)13)8(2)7-9/h8-10H,3-7H2,1-2H3,(H,12,13). The van der Waals surface area contributed by atoms with E-state index in [9.17, 15) is 4.79 Å². The quantitative estimate of drug-likeness (QED) is 0.732.